The number of aryl methyl sites for hydroxylation is 1. The highest BCUT2D eigenvalue weighted by molar-refractivity contribution is 6.07. The Morgan fingerprint density at radius 2 is 1.72 bits per heavy atom. The molecule has 4 heteroatoms. The predicted octanol–water partition coefficient (Wildman–Crippen LogP) is 4.03. The molecule has 0 saturated carbocycles. The van der Waals surface area contributed by atoms with E-state index in [1.807, 2.05) is 45.0 Å². The molecule has 0 bridgehead atoms. The van der Waals surface area contributed by atoms with Gasteiger partial charge in [0.1, 0.15) is 0 Å². The van der Waals surface area contributed by atoms with Gasteiger partial charge in [0.15, 0.2) is 0 Å². The number of hydrogen-bond donors (Lipinski definition) is 2. The molecule has 4 nitrogen and oxygen atoms in total. The molecule has 0 heterocycles. The SMILES string of the molecule is Cc1ccc(/C=C/C(=O)Nc2ccccc2C(=O)NCC(C)C)cc1. The van der Waals surface area contributed by atoms with Gasteiger partial charge in [-0.15, -0.1) is 0 Å². The lowest BCUT2D eigenvalue weighted by molar-refractivity contribution is -0.111. The maximum atomic E-state index is 12.3. The Morgan fingerprint density at radius 3 is 2.40 bits per heavy atom. The predicted molar refractivity (Wildman–Crippen MR) is 102 cm³/mol. The monoisotopic (exact) mass is 336 g/mol. The molecule has 0 saturated heterocycles. The molecule has 2 aromatic carbocycles. The number of para-hydroxylation sites is 1. The van der Waals surface area contributed by atoms with Crippen LogP contribution in [0, 0.1) is 12.8 Å². The first-order valence-electron chi connectivity index (χ1n) is 8.38. The van der Waals surface area contributed by atoms with Crippen LogP contribution in [0.5, 0.6) is 0 Å². The molecule has 0 radical (unpaired) electrons. The molecule has 0 unspecified atom stereocenters. The molecule has 0 atom stereocenters. The van der Waals surface area contributed by atoms with Crippen molar-refractivity contribution in [2.45, 2.75) is 20.8 Å². The van der Waals surface area contributed by atoms with Crippen molar-refractivity contribution in [2.24, 2.45) is 5.92 Å². The van der Waals surface area contributed by atoms with Gasteiger partial charge < -0.3 is 10.6 Å². The molecule has 0 spiro atoms. The Bertz CT molecular complexity index is 762. The molecule has 2 amide bonds. The second-order valence-corrected chi connectivity index (χ2v) is 6.38. The normalized spacial score (nSPS) is 10.9. The molecule has 0 aliphatic rings. The molecule has 2 N–H and O–H groups in total. The summed E-state index contributed by atoms with van der Waals surface area (Å²) in [5.41, 5.74) is 3.08. The van der Waals surface area contributed by atoms with E-state index in [9.17, 15) is 9.59 Å². The largest absolute Gasteiger partial charge is 0.352 e. The summed E-state index contributed by atoms with van der Waals surface area (Å²) in [6.45, 7) is 6.67. The Labute approximate surface area is 149 Å². The van der Waals surface area contributed by atoms with E-state index in [1.54, 1.807) is 30.3 Å². The molecule has 0 aliphatic heterocycles. The van der Waals surface area contributed by atoms with Crippen molar-refractivity contribution in [3.63, 3.8) is 0 Å². The highest BCUT2D eigenvalue weighted by atomic mass is 16.2. The van der Waals surface area contributed by atoms with Crippen molar-refractivity contribution in [1.29, 1.82) is 0 Å². The van der Waals surface area contributed by atoms with Gasteiger partial charge in [0.05, 0.1) is 11.3 Å². The Kier molecular flexibility index (Phi) is 6.52. The molecule has 0 fully saturated rings. The fourth-order valence-electron chi connectivity index (χ4n) is 2.21. The van der Waals surface area contributed by atoms with E-state index in [-0.39, 0.29) is 11.8 Å². The van der Waals surface area contributed by atoms with Crippen LogP contribution in [-0.2, 0) is 4.79 Å². The minimum atomic E-state index is -0.273. The Morgan fingerprint density at radius 1 is 1.04 bits per heavy atom. The van der Waals surface area contributed by atoms with Gasteiger partial charge in [0.25, 0.3) is 5.91 Å². The van der Waals surface area contributed by atoms with Crippen molar-refractivity contribution in [3.05, 3.63) is 71.3 Å². The number of hydrogen-bond acceptors (Lipinski definition) is 2. The number of nitrogens with one attached hydrogen (secondary N) is 2. The second-order valence-electron chi connectivity index (χ2n) is 6.38. The van der Waals surface area contributed by atoms with E-state index < -0.39 is 0 Å². The van der Waals surface area contributed by atoms with E-state index in [1.165, 1.54) is 11.6 Å². The van der Waals surface area contributed by atoms with Gasteiger partial charge in [-0.3, -0.25) is 9.59 Å². The van der Waals surface area contributed by atoms with E-state index in [0.717, 1.165) is 5.56 Å². The van der Waals surface area contributed by atoms with Crippen molar-refractivity contribution >= 4 is 23.6 Å². The average molecular weight is 336 g/mol. The van der Waals surface area contributed by atoms with Crippen LogP contribution in [0.1, 0.15) is 35.3 Å². The third-order valence-electron chi connectivity index (χ3n) is 3.60. The maximum absolute atomic E-state index is 12.3. The fraction of sp³-hybridized carbons (Fsp3) is 0.238. The standard InChI is InChI=1S/C21H24N2O2/c1-15(2)14-22-21(25)18-6-4-5-7-19(18)23-20(24)13-12-17-10-8-16(3)9-11-17/h4-13,15H,14H2,1-3H3,(H,22,25)(H,23,24)/b13-12+. The lowest BCUT2D eigenvalue weighted by atomic mass is 10.1. The van der Waals surface area contributed by atoms with Crippen LogP contribution in [-0.4, -0.2) is 18.4 Å². The third-order valence-corrected chi connectivity index (χ3v) is 3.60. The first kappa shape index (κ1) is 18.5. The quantitative estimate of drug-likeness (QED) is 0.782. The number of rotatable bonds is 6. The minimum absolute atomic E-state index is 0.188. The highest BCUT2D eigenvalue weighted by Crippen LogP contribution is 2.15. The first-order chi connectivity index (χ1) is 12.0. The number of carbonyl (C=O) groups excluding carboxylic acids is 2. The average Bonchev–Trinajstić information content (AvgIpc) is 2.59. The van der Waals surface area contributed by atoms with Crippen LogP contribution in [0.15, 0.2) is 54.6 Å². The van der Waals surface area contributed by atoms with Crippen molar-refractivity contribution in [1.82, 2.24) is 5.32 Å². The van der Waals surface area contributed by atoms with Gasteiger partial charge in [-0.05, 0) is 36.6 Å². The molecular formula is C21H24N2O2. The lowest BCUT2D eigenvalue weighted by Gasteiger charge is -2.11. The van der Waals surface area contributed by atoms with Gasteiger partial charge in [0.2, 0.25) is 5.91 Å². The first-order valence-corrected chi connectivity index (χ1v) is 8.38. The maximum Gasteiger partial charge on any atom is 0.253 e. The number of benzene rings is 2. The van der Waals surface area contributed by atoms with Crippen LogP contribution in [0.2, 0.25) is 0 Å². The van der Waals surface area contributed by atoms with E-state index >= 15 is 0 Å². The number of amides is 2. The van der Waals surface area contributed by atoms with Crippen molar-refractivity contribution < 1.29 is 9.59 Å². The zero-order valence-electron chi connectivity index (χ0n) is 14.9. The second kappa shape index (κ2) is 8.83. The van der Waals surface area contributed by atoms with E-state index in [4.69, 9.17) is 0 Å². The zero-order valence-corrected chi connectivity index (χ0v) is 14.9. The smallest absolute Gasteiger partial charge is 0.253 e. The summed E-state index contributed by atoms with van der Waals surface area (Å²) in [5.74, 6) is -0.0973. The van der Waals surface area contributed by atoms with Crippen molar-refractivity contribution in [3.8, 4) is 0 Å². The van der Waals surface area contributed by atoms with Gasteiger partial charge in [-0.25, -0.2) is 0 Å². The minimum Gasteiger partial charge on any atom is -0.352 e. The topological polar surface area (TPSA) is 58.2 Å². The third kappa shape index (κ3) is 5.92. The summed E-state index contributed by atoms with van der Waals surface area (Å²) in [6.07, 6.45) is 3.21. The van der Waals surface area contributed by atoms with Gasteiger partial charge >= 0.3 is 0 Å². The Balaban J connectivity index is 2.05. The highest BCUT2D eigenvalue weighted by Gasteiger charge is 2.12. The van der Waals surface area contributed by atoms with Crippen LogP contribution in [0.3, 0.4) is 0 Å². The molecule has 0 aliphatic carbocycles. The summed E-state index contributed by atoms with van der Waals surface area (Å²) in [5, 5.41) is 5.64. The summed E-state index contributed by atoms with van der Waals surface area (Å²) < 4.78 is 0. The van der Waals surface area contributed by atoms with Crippen LogP contribution in [0.4, 0.5) is 5.69 Å². The van der Waals surface area contributed by atoms with Crippen molar-refractivity contribution in [2.75, 3.05) is 11.9 Å². The lowest BCUT2D eigenvalue weighted by Crippen LogP contribution is -2.28. The summed E-state index contributed by atoms with van der Waals surface area (Å²) in [7, 11) is 0. The number of anilines is 1. The van der Waals surface area contributed by atoms with Crippen LogP contribution in [0.25, 0.3) is 6.08 Å². The number of carbonyl (C=O) groups is 2. The fourth-order valence-corrected chi connectivity index (χ4v) is 2.21. The van der Waals surface area contributed by atoms with Gasteiger partial charge in [0, 0.05) is 12.6 Å². The molecule has 2 rings (SSSR count). The summed E-state index contributed by atoms with van der Waals surface area (Å²) in [4.78, 5) is 24.4. The van der Waals surface area contributed by atoms with Crippen LogP contribution >= 0.6 is 0 Å². The molecule has 25 heavy (non-hydrogen) atoms. The Hall–Kier alpha value is -2.88. The van der Waals surface area contributed by atoms with Gasteiger partial charge in [-0.1, -0.05) is 55.8 Å². The molecule has 2 aromatic rings. The van der Waals surface area contributed by atoms with E-state index in [0.29, 0.717) is 23.7 Å². The van der Waals surface area contributed by atoms with Gasteiger partial charge in [-0.2, -0.15) is 0 Å². The summed E-state index contributed by atoms with van der Waals surface area (Å²) >= 11 is 0. The summed E-state index contributed by atoms with van der Waals surface area (Å²) in [6, 6.07) is 14.9. The zero-order chi connectivity index (χ0) is 18.2. The molecule has 130 valence electrons. The molecule has 0 aromatic heterocycles. The molecular weight excluding hydrogens is 312 g/mol. The van der Waals surface area contributed by atoms with Crippen LogP contribution < -0.4 is 10.6 Å². The van der Waals surface area contributed by atoms with E-state index in [2.05, 4.69) is 10.6 Å².